The summed E-state index contributed by atoms with van der Waals surface area (Å²) in [5, 5.41) is 5.59. The Labute approximate surface area is 145 Å². The maximum absolute atomic E-state index is 12.6. The lowest BCUT2D eigenvalue weighted by atomic mass is 9.96. The summed E-state index contributed by atoms with van der Waals surface area (Å²) in [6.07, 6.45) is 6.16. The van der Waals surface area contributed by atoms with Crippen LogP contribution in [0.25, 0.3) is 0 Å². The fourth-order valence-corrected chi connectivity index (χ4v) is 3.64. The van der Waals surface area contributed by atoms with Gasteiger partial charge in [-0.05, 0) is 38.3 Å². The molecule has 0 saturated carbocycles. The van der Waals surface area contributed by atoms with E-state index >= 15 is 0 Å². The van der Waals surface area contributed by atoms with Gasteiger partial charge in [0, 0.05) is 35.8 Å². The zero-order chi connectivity index (χ0) is 17.4. The second-order valence-corrected chi connectivity index (χ2v) is 6.35. The van der Waals surface area contributed by atoms with Gasteiger partial charge in [-0.1, -0.05) is 6.07 Å². The van der Waals surface area contributed by atoms with Crippen molar-refractivity contribution in [1.29, 1.82) is 0 Å². The van der Waals surface area contributed by atoms with E-state index in [9.17, 15) is 9.59 Å². The molecule has 7 nitrogen and oxygen atoms in total. The number of aromatic nitrogens is 2. The third-order valence-electron chi connectivity index (χ3n) is 4.79. The van der Waals surface area contributed by atoms with Crippen molar-refractivity contribution < 1.29 is 9.59 Å². The van der Waals surface area contributed by atoms with Crippen molar-refractivity contribution in [2.75, 3.05) is 17.2 Å². The summed E-state index contributed by atoms with van der Waals surface area (Å²) in [5.41, 5.74) is 2.95. The molecule has 0 spiro atoms. The highest BCUT2D eigenvalue weighted by atomic mass is 16.2. The number of hydrogen-bond acceptors (Lipinski definition) is 4. The number of amides is 3. The van der Waals surface area contributed by atoms with E-state index in [0.29, 0.717) is 22.8 Å². The second-order valence-electron chi connectivity index (χ2n) is 6.35. The molecular formula is C18H19N5O2. The van der Waals surface area contributed by atoms with Gasteiger partial charge in [-0.2, -0.15) is 0 Å². The Hall–Kier alpha value is -2.96. The molecule has 0 aliphatic carbocycles. The van der Waals surface area contributed by atoms with Gasteiger partial charge in [0.25, 0.3) is 5.91 Å². The summed E-state index contributed by atoms with van der Waals surface area (Å²) in [4.78, 5) is 35.1. The van der Waals surface area contributed by atoms with Crippen LogP contribution in [0.5, 0.6) is 0 Å². The van der Waals surface area contributed by atoms with Crippen molar-refractivity contribution in [3.05, 3.63) is 47.4 Å². The Morgan fingerprint density at radius 3 is 2.88 bits per heavy atom. The van der Waals surface area contributed by atoms with Gasteiger partial charge in [-0.15, -0.1) is 0 Å². The number of carbonyl (C=O) groups is 2. The van der Waals surface area contributed by atoms with Crippen LogP contribution in [0.1, 0.15) is 46.9 Å². The van der Waals surface area contributed by atoms with Gasteiger partial charge in [0.2, 0.25) is 0 Å². The van der Waals surface area contributed by atoms with Crippen LogP contribution >= 0.6 is 0 Å². The summed E-state index contributed by atoms with van der Waals surface area (Å²) in [5.74, 6) is 0.483. The van der Waals surface area contributed by atoms with Gasteiger partial charge < -0.3 is 10.2 Å². The number of aryl methyl sites for hydroxylation is 1. The van der Waals surface area contributed by atoms with Crippen molar-refractivity contribution >= 4 is 23.4 Å². The summed E-state index contributed by atoms with van der Waals surface area (Å²) in [6, 6.07) is 5.15. The van der Waals surface area contributed by atoms with Crippen LogP contribution in [-0.4, -0.2) is 33.4 Å². The summed E-state index contributed by atoms with van der Waals surface area (Å²) in [6.45, 7) is 2.56. The first-order chi connectivity index (χ1) is 12.1. The minimum atomic E-state index is -0.390. The molecule has 0 radical (unpaired) electrons. The predicted molar refractivity (Wildman–Crippen MR) is 93.5 cm³/mol. The van der Waals surface area contributed by atoms with E-state index in [1.807, 2.05) is 17.0 Å². The number of piperidine rings is 1. The Bertz CT molecular complexity index is 851. The molecule has 128 valence electrons. The molecule has 2 N–H and O–H groups in total. The third-order valence-corrected chi connectivity index (χ3v) is 4.79. The summed E-state index contributed by atoms with van der Waals surface area (Å²) < 4.78 is 0. The molecule has 1 saturated heterocycles. The lowest BCUT2D eigenvalue weighted by Gasteiger charge is -2.30. The molecule has 3 amide bonds. The first kappa shape index (κ1) is 15.6. The predicted octanol–water partition coefficient (Wildman–Crippen LogP) is 3.11. The molecule has 3 heterocycles. The van der Waals surface area contributed by atoms with E-state index in [1.54, 1.807) is 19.2 Å². The Morgan fingerprint density at radius 2 is 2.04 bits per heavy atom. The fourth-order valence-electron chi connectivity index (χ4n) is 3.64. The summed E-state index contributed by atoms with van der Waals surface area (Å²) >= 11 is 0. The number of hydrogen-bond donors (Lipinski definition) is 2. The number of anilines is 2. The largest absolute Gasteiger partial charge is 0.331 e. The molecule has 2 aliphatic heterocycles. The molecule has 1 fully saturated rings. The van der Waals surface area contributed by atoms with Crippen LogP contribution in [0.2, 0.25) is 0 Å². The van der Waals surface area contributed by atoms with Crippen LogP contribution in [0.15, 0.2) is 30.6 Å². The zero-order valence-electron chi connectivity index (χ0n) is 14.0. The van der Waals surface area contributed by atoms with Gasteiger partial charge in [0.15, 0.2) is 5.82 Å². The van der Waals surface area contributed by atoms with Crippen molar-refractivity contribution in [2.24, 2.45) is 0 Å². The fraction of sp³-hybridized carbons (Fsp3) is 0.333. The number of urea groups is 1. The van der Waals surface area contributed by atoms with E-state index in [1.165, 1.54) is 6.20 Å². The molecule has 1 aromatic heterocycles. The van der Waals surface area contributed by atoms with Gasteiger partial charge in [0.05, 0.1) is 11.7 Å². The molecule has 1 unspecified atom stereocenters. The van der Waals surface area contributed by atoms with Gasteiger partial charge >= 0.3 is 6.03 Å². The lowest BCUT2D eigenvalue weighted by Crippen LogP contribution is -2.32. The topological polar surface area (TPSA) is 87.2 Å². The number of benzene rings is 1. The SMILES string of the molecule is Cc1nccnc1NC(=O)Nc1cccc2c1C1CCCCN1C2=O. The van der Waals surface area contributed by atoms with Crippen LogP contribution in [0.4, 0.5) is 16.3 Å². The minimum absolute atomic E-state index is 0.0611. The van der Waals surface area contributed by atoms with E-state index in [0.717, 1.165) is 31.4 Å². The highest BCUT2D eigenvalue weighted by Gasteiger charge is 2.39. The normalized spacial score (nSPS) is 18.5. The Balaban J connectivity index is 1.59. The number of nitrogens with one attached hydrogen (secondary N) is 2. The Morgan fingerprint density at radius 1 is 1.20 bits per heavy atom. The van der Waals surface area contributed by atoms with E-state index in [-0.39, 0.29) is 11.9 Å². The number of rotatable bonds is 2. The second kappa shape index (κ2) is 6.16. The van der Waals surface area contributed by atoms with Gasteiger partial charge in [-0.25, -0.2) is 9.78 Å². The van der Waals surface area contributed by atoms with Crippen molar-refractivity contribution in [3.63, 3.8) is 0 Å². The van der Waals surface area contributed by atoms with Crippen molar-refractivity contribution in [1.82, 2.24) is 14.9 Å². The maximum Gasteiger partial charge on any atom is 0.324 e. The van der Waals surface area contributed by atoms with Crippen molar-refractivity contribution in [3.8, 4) is 0 Å². The zero-order valence-corrected chi connectivity index (χ0v) is 14.0. The Kier molecular flexibility index (Phi) is 3.83. The molecule has 7 heteroatoms. The number of nitrogens with zero attached hydrogens (tertiary/aromatic N) is 3. The first-order valence-corrected chi connectivity index (χ1v) is 8.44. The molecule has 1 atom stereocenters. The lowest BCUT2D eigenvalue weighted by molar-refractivity contribution is 0.0672. The molecule has 1 aromatic carbocycles. The van der Waals surface area contributed by atoms with Crippen LogP contribution in [0, 0.1) is 6.92 Å². The van der Waals surface area contributed by atoms with E-state index < -0.39 is 6.03 Å². The summed E-state index contributed by atoms with van der Waals surface area (Å²) in [7, 11) is 0. The van der Waals surface area contributed by atoms with Crippen LogP contribution in [0.3, 0.4) is 0 Å². The maximum atomic E-state index is 12.6. The molecule has 4 rings (SSSR count). The van der Waals surface area contributed by atoms with E-state index in [4.69, 9.17) is 0 Å². The minimum Gasteiger partial charge on any atom is -0.331 e. The number of fused-ring (bicyclic) bond motifs is 3. The molecule has 0 bridgehead atoms. The standard InChI is InChI=1S/C18H19N5O2/c1-11-16(20-9-8-19-11)22-18(25)21-13-6-4-5-12-15(13)14-7-2-3-10-23(14)17(12)24/h4-6,8-9,14H,2-3,7,10H2,1H3,(H2,20,21,22,25). The molecule has 2 aromatic rings. The van der Waals surface area contributed by atoms with Gasteiger partial charge in [-0.3, -0.25) is 15.1 Å². The third kappa shape index (κ3) is 2.71. The van der Waals surface area contributed by atoms with Crippen LogP contribution < -0.4 is 10.6 Å². The highest BCUT2D eigenvalue weighted by molar-refractivity contribution is 6.05. The molecular weight excluding hydrogens is 318 g/mol. The average molecular weight is 337 g/mol. The molecule has 25 heavy (non-hydrogen) atoms. The van der Waals surface area contributed by atoms with Crippen LogP contribution in [-0.2, 0) is 0 Å². The molecule has 2 aliphatic rings. The smallest absolute Gasteiger partial charge is 0.324 e. The number of carbonyl (C=O) groups excluding carboxylic acids is 2. The van der Waals surface area contributed by atoms with Gasteiger partial charge in [0.1, 0.15) is 0 Å². The average Bonchev–Trinajstić information content (AvgIpc) is 2.91. The first-order valence-electron chi connectivity index (χ1n) is 8.44. The monoisotopic (exact) mass is 337 g/mol. The highest BCUT2D eigenvalue weighted by Crippen LogP contribution is 2.43. The van der Waals surface area contributed by atoms with Crippen molar-refractivity contribution in [2.45, 2.75) is 32.2 Å². The van der Waals surface area contributed by atoms with E-state index in [2.05, 4.69) is 20.6 Å². The quantitative estimate of drug-likeness (QED) is 0.881.